The summed E-state index contributed by atoms with van der Waals surface area (Å²) in [7, 11) is 0. The number of hydrogen-bond donors (Lipinski definition) is 1. The molecule has 0 radical (unpaired) electrons. The van der Waals surface area contributed by atoms with Gasteiger partial charge >= 0.3 is 0 Å². The van der Waals surface area contributed by atoms with Crippen LogP contribution in [-0.4, -0.2) is 49.2 Å². The summed E-state index contributed by atoms with van der Waals surface area (Å²) >= 11 is 0. The molecular weight excluding hydrogens is 314 g/mol. The van der Waals surface area contributed by atoms with E-state index in [4.69, 9.17) is 10.5 Å². The summed E-state index contributed by atoms with van der Waals surface area (Å²) in [6.07, 6.45) is 7.33. The molecule has 0 spiro atoms. The summed E-state index contributed by atoms with van der Waals surface area (Å²) in [5.74, 6) is 0.264. The smallest absolute Gasteiger partial charge is 0.228 e. The van der Waals surface area contributed by atoms with Crippen molar-refractivity contribution in [1.29, 1.82) is 0 Å². The lowest BCUT2D eigenvalue weighted by atomic mass is 9.89. The number of anilines is 2. The number of nitrogen functional groups attached to an aromatic ring is 1. The fraction of sp³-hybridized carbons (Fsp3) is 0.650. The van der Waals surface area contributed by atoms with E-state index in [0.29, 0.717) is 6.42 Å². The van der Waals surface area contributed by atoms with Crippen LogP contribution in [0.15, 0.2) is 18.2 Å². The molecule has 1 saturated heterocycles. The minimum Gasteiger partial charge on any atom is -0.398 e. The summed E-state index contributed by atoms with van der Waals surface area (Å²) in [5, 5.41) is 0. The second-order valence-electron chi connectivity index (χ2n) is 7.70. The largest absolute Gasteiger partial charge is 0.398 e. The standard InChI is InChI=1S/C20H29N3O2/c21-17-6-3-7-18-16(17)5-4-10-23(18)19(24)15-20(8-1-2-9-20)22-11-13-25-14-12-22/h3,6-7H,1-2,4-5,8-15,21H2. The second-order valence-corrected chi connectivity index (χ2v) is 7.70. The second kappa shape index (κ2) is 6.96. The zero-order chi connectivity index (χ0) is 17.3. The van der Waals surface area contributed by atoms with Gasteiger partial charge in [0.05, 0.1) is 13.2 Å². The molecule has 1 aliphatic carbocycles. The topological polar surface area (TPSA) is 58.8 Å². The molecule has 0 aromatic heterocycles. The van der Waals surface area contributed by atoms with Gasteiger partial charge in [0.2, 0.25) is 5.91 Å². The molecule has 5 nitrogen and oxygen atoms in total. The third kappa shape index (κ3) is 3.15. The highest BCUT2D eigenvalue weighted by Crippen LogP contribution is 2.40. The van der Waals surface area contributed by atoms with Gasteiger partial charge in [0.15, 0.2) is 0 Å². The van der Waals surface area contributed by atoms with Gasteiger partial charge in [-0.2, -0.15) is 0 Å². The molecule has 2 N–H and O–H groups in total. The van der Waals surface area contributed by atoms with E-state index in [2.05, 4.69) is 11.0 Å². The van der Waals surface area contributed by atoms with Gasteiger partial charge in [0, 0.05) is 43.0 Å². The fourth-order valence-corrected chi connectivity index (χ4v) is 4.96. The number of benzene rings is 1. The monoisotopic (exact) mass is 343 g/mol. The maximum absolute atomic E-state index is 13.3. The zero-order valence-corrected chi connectivity index (χ0v) is 15.0. The van der Waals surface area contributed by atoms with Crippen LogP contribution >= 0.6 is 0 Å². The van der Waals surface area contributed by atoms with Gasteiger partial charge in [-0.1, -0.05) is 18.9 Å². The maximum atomic E-state index is 13.3. The Morgan fingerprint density at radius 1 is 1.12 bits per heavy atom. The first-order valence-corrected chi connectivity index (χ1v) is 9.70. The Morgan fingerprint density at radius 2 is 1.88 bits per heavy atom. The van der Waals surface area contributed by atoms with Crippen LogP contribution in [0.5, 0.6) is 0 Å². The molecule has 5 heteroatoms. The molecule has 0 unspecified atom stereocenters. The Labute approximate surface area is 150 Å². The fourth-order valence-electron chi connectivity index (χ4n) is 4.96. The minimum atomic E-state index is 0.0405. The molecule has 2 fully saturated rings. The van der Waals surface area contributed by atoms with E-state index in [-0.39, 0.29) is 11.4 Å². The van der Waals surface area contributed by atoms with Gasteiger partial charge < -0.3 is 15.4 Å². The van der Waals surface area contributed by atoms with Gasteiger partial charge in [-0.3, -0.25) is 9.69 Å². The number of nitrogens with zero attached hydrogens (tertiary/aromatic N) is 2. The average Bonchev–Trinajstić information content (AvgIpc) is 3.12. The Balaban J connectivity index is 1.56. The summed E-state index contributed by atoms with van der Waals surface area (Å²) in [5.41, 5.74) is 9.19. The first-order valence-electron chi connectivity index (χ1n) is 9.70. The van der Waals surface area contributed by atoms with Crippen LogP contribution in [0.2, 0.25) is 0 Å². The Morgan fingerprint density at radius 3 is 2.64 bits per heavy atom. The lowest BCUT2D eigenvalue weighted by Crippen LogP contribution is -2.54. The predicted molar refractivity (Wildman–Crippen MR) is 99.7 cm³/mol. The van der Waals surface area contributed by atoms with Gasteiger partial charge in [-0.15, -0.1) is 0 Å². The van der Waals surface area contributed by atoms with Gasteiger partial charge in [0.1, 0.15) is 0 Å². The quantitative estimate of drug-likeness (QED) is 0.857. The van der Waals surface area contributed by atoms with E-state index in [9.17, 15) is 4.79 Å². The van der Waals surface area contributed by atoms with Crippen molar-refractivity contribution < 1.29 is 9.53 Å². The minimum absolute atomic E-state index is 0.0405. The van der Waals surface area contributed by atoms with Crippen molar-refractivity contribution in [3.8, 4) is 0 Å². The number of carbonyl (C=O) groups is 1. The van der Waals surface area contributed by atoms with Gasteiger partial charge in [0.25, 0.3) is 0 Å². The molecule has 4 rings (SSSR count). The molecule has 136 valence electrons. The first-order chi connectivity index (χ1) is 12.2. The van der Waals surface area contributed by atoms with Crippen LogP contribution in [0.3, 0.4) is 0 Å². The number of fused-ring (bicyclic) bond motifs is 1. The number of hydrogen-bond acceptors (Lipinski definition) is 4. The molecular formula is C20H29N3O2. The molecule has 3 aliphatic rings. The third-order valence-corrected chi connectivity index (χ3v) is 6.28. The molecule has 2 heterocycles. The van der Waals surface area contributed by atoms with Gasteiger partial charge in [-0.05, 0) is 43.4 Å². The number of amides is 1. The predicted octanol–water partition coefficient (Wildman–Crippen LogP) is 2.58. The van der Waals surface area contributed by atoms with E-state index in [1.165, 1.54) is 12.8 Å². The zero-order valence-electron chi connectivity index (χ0n) is 15.0. The van der Waals surface area contributed by atoms with Crippen molar-refractivity contribution in [3.05, 3.63) is 23.8 Å². The van der Waals surface area contributed by atoms with E-state index in [0.717, 1.165) is 75.5 Å². The van der Waals surface area contributed by atoms with Crippen LogP contribution in [-0.2, 0) is 16.0 Å². The lowest BCUT2D eigenvalue weighted by molar-refractivity contribution is -0.123. The maximum Gasteiger partial charge on any atom is 0.228 e. The number of rotatable bonds is 3. The SMILES string of the molecule is Nc1cccc2c1CCCN2C(=O)CC1(N2CCOCC2)CCCC1. The van der Waals surface area contributed by atoms with Crippen LogP contribution in [0.1, 0.15) is 44.1 Å². The highest BCUT2D eigenvalue weighted by atomic mass is 16.5. The van der Waals surface area contributed by atoms with E-state index >= 15 is 0 Å². The molecule has 1 saturated carbocycles. The normalized spacial score (nSPS) is 23.4. The van der Waals surface area contributed by atoms with Crippen molar-refractivity contribution in [2.45, 2.75) is 50.5 Å². The summed E-state index contributed by atoms with van der Waals surface area (Å²) in [6, 6.07) is 5.96. The number of ether oxygens (including phenoxy) is 1. The number of carbonyl (C=O) groups excluding carboxylic acids is 1. The number of morpholine rings is 1. The highest BCUT2D eigenvalue weighted by molar-refractivity contribution is 5.96. The van der Waals surface area contributed by atoms with E-state index < -0.39 is 0 Å². The van der Waals surface area contributed by atoms with Gasteiger partial charge in [-0.25, -0.2) is 0 Å². The van der Waals surface area contributed by atoms with Crippen LogP contribution < -0.4 is 10.6 Å². The molecule has 1 amide bonds. The summed E-state index contributed by atoms with van der Waals surface area (Å²) in [4.78, 5) is 17.8. The summed E-state index contributed by atoms with van der Waals surface area (Å²) in [6.45, 7) is 4.31. The third-order valence-electron chi connectivity index (χ3n) is 6.28. The van der Waals surface area contributed by atoms with E-state index in [1.807, 2.05) is 17.0 Å². The Hall–Kier alpha value is -1.59. The highest BCUT2D eigenvalue weighted by Gasteiger charge is 2.43. The lowest BCUT2D eigenvalue weighted by Gasteiger charge is -2.44. The Bertz CT molecular complexity index is 634. The van der Waals surface area contributed by atoms with Crippen molar-refractivity contribution in [3.63, 3.8) is 0 Å². The molecule has 1 aromatic rings. The molecule has 1 aromatic carbocycles. The Kier molecular flexibility index (Phi) is 4.69. The van der Waals surface area contributed by atoms with Crippen LogP contribution in [0.25, 0.3) is 0 Å². The van der Waals surface area contributed by atoms with Crippen molar-refractivity contribution >= 4 is 17.3 Å². The van der Waals surface area contributed by atoms with Crippen LogP contribution in [0, 0.1) is 0 Å². The van der Waals surface area contributed by atoms with E-state index in [1.54, 1.807) is 0 Å². The molecule has 0 atom stereocenters. The average molecular weight is 343 g/mol. The van der Waals surface area contributed by atoms with Crippen molar-refractivity contribution in [2.75, 3.05) is 43.5 Å². The first kappa shape index (κ1) is 16.9. The van der Waals surface area contributed by atoms with Crippen LogP contribution in [0.4, 0.5) is 11.4 Å². The molecule has 2 aliphatic heterocycles. The molecule has 25 heavy (non-hydrogen) atoms. The number of nitrogens with two attached hydrogens (primary N) is 1. The van der Waals surface area contributed by atoms with Crippen molar-refractivity contribution in [1.82, 2.24) is 4.90 Å². The van der Waals surface area contributed by atoms with Crippen molar-refractivity contribution in [2.24, 2.45) is 0 Å². The molecule has 0 bridgehead atoms. The summed E-state index contributed by atoms with van der Waals surface area (Å²) < 4.78 is 5.53.